The summed E-state index contributed by atoms with van der Waals surface area (Å²) in [5.41, 5.74) is 1.86. The number of nitrogens with one attached hydrogen (secondary N) is 1. The lowest BCUT2D eigenvalue weighted by molar-refractivity contribution is 0.337. The van der Waals surface area contributed by atoms with Crippen molar-refractivity contribution >= 4 is 17.0 Å². The van der Waals surface area contributed by atoms with Gasteiger partial charge in [0, 0.05) is 13.1 Å². The second-order valence-electron chi connectivity index (χ2n) is 6.57. The monoisotopic (exact) mass is 287 g/mol. The summed E-state index contributed by atoms with van der Waals surface area (Å²) >= 11 is 0. The molecule has 1 aliphatic carbocycles. The van der Waals surface area contributed by atoms with E-state index in [-0.39, 0.29) is 0 Å². The summed E-state index contributed by atoms with van der Waals surface area (Å²) in [7, 11) is 1.89. The standard InChI is InChI=1S/C16H25N5/c1-8-7-13(10(3)9(8)2)21-12(5)20-14-15(17-6)18-11(4)19-16(14)21/h8-10,13H,7H2,1-6H3,(H,17,18,19). The summed E-state index contributed by atoms with van der Waals surface area (Å²) in [5.74, 6) is 4.78. The van der Waals surface area contributed by atoms with Gasteiger partial charge in [-0.05, 0) is 38.0 Å². The molecular formula is C16H25N5. The Kier molecular flexibility index (Phi) is 3.38. The number of rotatable bonds is 2. The molecule has 114 valence electrons. The molecule has 0 saturated heterocycles. The first-order valence-electron chi connectivity index (χ1n) is 7.85. The van der Waals surface area contributed by atoms with Crippen LogP contribution in [0.3, 0.4) is 0 Å². The van der Waals surface area contributed by atoms with Crippen molar-refractivity contribution in [2.75, 3.05) is 12.4 Å². The summed E-state index contributed by atoms with van der Waals surface area (Å²) in [6.07, 6.45) is 1.20. The molecule has 0 radical (unpaired) electrons. The van der Waals surface area contributed by atoms with Crippen molar-refractivity contribution in [3.05, 3.63) is 11.6 Å². The molecule has 4 atom stereocenters. The zero-order valence-electron chi connectivity index (χ0n) is 13.8. The van der Waals surface area contributed by atoms with Crippen LogP contribution in [0.4, 0.5) is 5.82 Å². The Bertz CT molecular complexity index is 675. The van der Waals surface area contributed by atoms with Gasteiger partial charge in [0.25, 0.3) is 0 Å². The van der Waals surface area contributed by atoms with Crippen LogP contribution in [-0.4, -0.2) is 26.6 Å². The molecule has 5 nitrogen and oxygen atoms in total. The van der Waals surface area contributed by atoms with Crippen molar-refractivity contribution in [1.29, 1.82) is 0 Å². The van der Waals surface area contributed by atoms with Gasteiger partial charge in [-0.2, -0.15) is 0 Å². The lowest BCUT2D eigenvalue weighted by Gasteiger charge is -2.21. The quantitative estimate of drug-likeness (QED) is 0.920. The van der Waals surface area contributed by atoms with E-state index in [0.717, 1.165) is 40.5 Å². The van der Waals surface area contributed by atoms with Crippen molar-refractivity contribution in [1.82, 2.24) is 19.5 Å². The number of hydrogen-bond acceptors (Lipinski definition) is 4. The maximum Gasteiger partial charge on any atom is 0.166 e. The second-order valence-corrected chi connectivity index (χ2v) is 6.57. The number of nitrogens with zero attached hydrogens (tertiary/aromatic N) is 4. The van der Waals surface area contributed by atoms with Gasteiger partial charge in [-0.1, -0.05) is 20.8 Å². The summed E-state index contributed by atoms with van der Waals surface area (Å²) < 4.78 is 2.34. The van der Waals surface area contributed by atoms with Gasteiger partial charge in [-0.15, -0.1) is 0 Å². The Morgan fingerprint density at radius 2 is 1.76 bits per heavy atom. The van der Waals surface area contributed by atoms with Gasteiger partial charge in [-0.25, -0.2) is 15.0 Å². The van der Waals surface area contributed by atoms with E-state index < -0.39 is 0 Å². The average Bonchev–Trinajstić information content (AvgIpc) is 2.89. The molecule has 2 aromatic heterocycles. The number of fused-ring (bicyclic) bond motifs is 1. The minimum absolute atomic E-state index is 0.485. The molecule has 0 amide bonds. The summed E-state index contributed by atoms with van der Waals surface area (Å²) in [4.78, 5) is 13.9. The lowest BCUT2D eigenvalue weighted by Crippen LogP contribution is -2.16. The van der Waals surface area contributed by atoms with Gasteiger partial charge in [0.1, 0.15) is 11.6 Å². The third-order valence-corrected chi connectivity index (χ3v) is 5.34. The molecule has 2 heterocycles. The molecular weight excluding hydrogens is 262 g/mol. The Balaban J connectivity index is 2.19. The number of imidazole rings is 1. The Labute approximate surface area is 126 Å². The van der Waals surface area contributed by atoms with Crippen molar-refractivity contribution in [2.45, 2.75) is 47.1 Å². The minimum atomic E-state index is 0.485. The van der Waals surface area contributed by atoms with E-state index in [9.17, 15) is 0 Å². The maximum atomic E-state index is 4.73. The molecule has 1 N–H and O–H groups in total. The van der Waals surface area contributed by atoms with Crippen LogP contribution in [0, 0.1) is 31.6 Å². The molecule has 21 heavy (non-hydrogen) atoms. The number of hydrogen-bond donors (Lipinski definition) is 1. The molecule has 3 rings (SSSR count). The fraction of sp³-hybridized carbons (Fsp3) is 0.688. The zero-order valence-corrected chi connectivity index (χ0v) is 13.8. The van der Waals surface area contributed by atoms with Crippen molar-refractivity contribution in [2.24, 2.45) is 17.8 Å². The fourth-order valence-corrected chi connectivity index (χ4v) is 3.78. The van der Waals surface area contributed by atoms with Crippen LogP contribution in [0.25, 0.3) is 11.2 Å². The van der Waals surface area contributed by atoms with Crippen LogP contribution in [-0.2, 0) is 0 Å². The van der Waals surface area contributed by atoms with Crippen LogP contribution in [0.5, 0.6) is 0 Å². The zero-order chi connectivity index (χ0) is 15.3. The number of anilines is 1. The third kappa shape index (κ3) is 2.10. The average molecular weight is 287 g/mol. The van der Waals surface area contributed by atoms with E-state index in [0.29, 0.717) is 12.0 Å². The number of aromatic nitrogens is 4. The highest BCUT2D eigenvalue weighted by atomic mass is 15.2. The van der Waals surface area contributed by atoms with Crippen LogP contribution >= 0.6 is 0 Å². The van der Waals surface area contributed by atoms with Crippen molar-refractivity contribution < 1.29 is 0 Å². The lowest BCUT2D eigenvalue weighted by atomic mass is 9.93. The van der Waals surface area contributed by atoms with E-state index in [4.69, 9.17) is 4.98 Å². The van der Waals surface area contributed by atoms with Gasteiger partial charge >= 0.3 is 0 Å². The minimum Gasteiger partial charge on any atom is -0.371 e. The normalized spacial score (nSPS) is 29.2. The molecule has 1 aliphatic rings. The highest BCUT2D eigenvalue weighted by molar-refractivity contribution is 5.83. The maximum absolute atomic E-state index is 4.73. The van der Waals surface area contributed by atoms with Crippen molar-refractivity contribution in [3.63, 3.8) is 0 Å². The molecule has 0 spiro atoms. The van der Waals surface area contributed by atoms with Gasteiger partial charge in [0.2, 0.25) is 0 Å². The first-order valence-corrected chi connectivity index (χ1v) is 7.85. The predicted octanol–water partition coefficient (Wildman–Crippen LogP) is 3.34. The molecule has 1 saturated carbocycles. The summed E-state index contributed by atoms with van der Waals surface area (Å²) in [5, 5.41) is 3.14. The Hall–Kier alpha value is -1.65. The molecule has 0 aromatic carbocycles. The highest BCUT2D eigenvalue weighted by Crippen LogP contribution is 2.45. The molecule has 1 fully saturated rings. The van der Waals surface area contributed by atoms with E-state index in [1.165, 1.54) is 6.42 Å². The van der Waals surface area contributed by atoms with Crippen LogP contribution < -0.4 is 5.32 Å². The SMILES string of the molecule is CNc1nc(C)nc2c1nc(C)n2C1CC(C)C(C)C1C. The van der Waals surface area contributed by atoms with Crippen LogP contribution in [0.1, 0.15) is 44.9 Å². The van der Waals surface area contributed by atoms with Gasteiger partial charge < -0.3 is 9.88 Å². The first-order chi connectivity index (χ1) is 9.93. The smallest absolute Gasteiger partial charge is 0.166 e. The number of aryl methyl sites for hydroxylation is 2. The van der Waals surface area contributed by atoms with E-state index >= 15 is 0 Å². The van der Waals surface area contributed by atoms with Crippen LogP contribution in [0.15, 0.2) is 0 Å². The van der Waals surface area contributed by atoms with E-state index in [1.807, 2.05) is 14.0 Å². The largest absolute Gasteiger partial charge is 0.371 e. The molecule has 0 aliphatic heterocycles. The summed E-state index contributed by atoms with van der Waals surface area (Å²) in [6.45, 7) is 11.1. The van der Waals surface area contributed by atoms with E-state index in [2.05, 4.69) is 47.5 Å². The molecule has 0 bridgehead atoms. The van der Waals surface area contributed by atoms with E-state index in [1.54, 1.807) is 0 Å². The van der Waals surface area contributed by atoms with Gasteiger partial charge in [-0.3, -0.25) is 0 Å². The Morgan fingerprint density at radius 3 is 2.33 bits per heavy atom. The van der Waals surface area contributed by atoms with Crippen LogP contribution in [0.2, 0.25) is 0 Å². The molecule has 4 unspecified atom stereocenters. The van der Waals surface area contributed by atoms with Crippen molar-refractivity contribution in [3.8, 4) is 0 Å². The summed E-state index contributed by atoms with van der Waals surface area (Å²) in [6, 6.07) is 0.485. The topological polar surface area (TPSA) is 55.6 Å². The molecule has 2 aromatic rings. The molecule has 5 heteroatoms. The van der Waals surface area contributed by atoms with Gasteiger partial charge in [0.15, 0.2) is 17.0 Å². The highest BCUT2D eigenvalue weighted by Gasteiger charge is 2.38. The fourth-order valence-electron chi connectivity index (χ4n) is 3.78. The predicted molar refractivity (Wildman–Crippen MR) is 85.5 cm³/mol. The first kappa shape index (κ1) is 14.3. The second kappa shape index (κ2) is 4.97. The van der Waals surface area contributed by atoms with Gasteiger partial charge in [0.05, 0.1) is 0 Å². The Morgan fingerprint density at radius 1 is 1.05 bits per heavy atom. The third-order valence-electron chi connectivity index (χ3n) is 5.34.